The Labute approximate surface area is 172 Å². The molecule has 0 aromatic carbocycles. The lowest BCUT2D eigenvalue weighted by Crippen LogP contribution is -2.57. The normalized spacial score (nSPS) is 30.2. The highest BCUT2D eigenvalue weighted by molar-refractivity contribution is 8.14. The average molecular weight is 484 g/mol. The topological polar surface area (TPSA) is 220 Å². The van der Waals surface area contributed by atoms with Gasteiger partial charge in [-0.2, -0.15) is 8.42 Å². The molecule has 0 aromatic rings. The predicted molar refractivity (Wildman–Crippen MR) is 101 cm³/mol. The van der Waals surface area contributed by atoms with E-state index >= 15 is 0 Å². The third-order valence-electron chi connectivity index (χ3n) is 3.85. The molecule has 1 aliphatic heterocycles. The van der Waals surface area contributed by atoms with Gasteiger partial charge < -0.3 is 30.3 Å². The van der Waals surface area contributed by atoms with Crippen molar-refractivity contribution in [2.75, 3.05) is 18.6 Å². The molecule has 0 aromatic heterocycles. The van der Waals surface area contributed by atoms with Gasteiger partial charge in [-0.15, -0.1) is 0 Å². The highest BCUT2D eigenvalue weighted by Crippen LogP contribution is 2.30. The second-order valence-electron chi connectivity index (χ2n) is 6.41. The van der Waals surface area contributed by atoms with Crippen molar-refractivity contribution in [1.82, 2.24) is 0 Å². The van der Waals surface area contributed by atoms with E-state index in [-0.39, 0.29) is 30.1 Å². The van der Waals surface area contributed by atoms with Crippen LogP contribution in [0.1, 0.15) is 19.3 Å². The van der Waals surface area contributed by atoms with Crippen molar-refractivity contribution in [1.29, 1.82) is 0 Å². The van der Waals surface area contributed by atoms with Crippen LogP contribution in [0.15, 0.2) is 5.16 Å². The Bertz CT molecular complexity index is 753. The molecular weight excluding hydrogens is 458 g/mol. The smallest absolute Gasteiger partial charge is 0.394 e. The Morgan fingerprint density at radius 3 is 2.28 bits per heavy atom. The molecule has 0 radical (unpaired) electrons. The molecule has 16 heteroatoms. The molecule has 0 spiro atoms. The second kappa shape index (κ2) is 11.2. The van der Waals surface area contributed by atoms with Crippen LogP contribution in [0.3, 0.4) is 0 Å². The van der Waals surface area contributed by atoms with Gasteiger partial charge in [-0.1, -0.05) is 16.9 Å². The van der Waals surface area contributed by atoms with E-state index in [0.29, 0.717) is 11.8 Å². The molecule has 1 heterocycles. The third kappa shape index (κ3) is 9.86. The van der Waals surface area contributed by atoms with E-state index in [2.05, 4.69) is 9.44 Å². The fraction of sp³-hybridized carbons (Fsp3) is 0.923. The molecule has 29 heavy (non-hydrogen) atoms. The van der Waals surface area contributed by atoms with E-state index in [1.807, 2.05) is 0 Å². The van der Waals surface area contributed by atoms with Gasteiger partial charge in [-0.25, -0.2) is 12.7 Å². The summed E-state index contributed by atoms with van der Waals surface area (Å²) >= 11 is 0.571. The number of ether oxygens (including phenoxy) is 1. The van der Waals surface area contributed by atoms with E-state index < -0.39 is 62.8 Å². The number of rotatable bonds is 10. The number of aliphatic hydroxyl groups excluding tert-OH is 5. The summed E-state index contributed by atoms with van der Waals surface area (Å²) in [5, 5.41) is 51.7. The molecular formula is C13H25NO12S3. The summed E-state index contributed by atoms with van der Waals surface area (Å²) in [6.07, 6.45) is -6.55. The standard InChI is InChI=1S/C13H25NO12S3/c1-28(20,21)5-4-7(16)2-3-9(14-26-29(22,23)24)27-13-12(19)11(18)10(17)8(6-15)25-13/h7-8,10-13,15-19H,2-6H2,1H3,(H,22,23,24)/b14-9-/t7-,8+,10-,11-,12+,13+/m0/s1. The summed E-state index contributed by atoms with van der Waals surface area (Å²) in [5.41, 5.74) is -1.30. The number of hydrogen-bond donors (Lipinski definition) is 6. The Kier molecular flexibility index (Phi) is 10.2. The fourth-order valence-corrected chi connectivity index (χ4v) is 4.31. The lowest BCUT2D eigenvalue weighted by Gasteiger charge is -2.39. The maximum atomic E-state index is 11.1. The number of sulfone groups is 1. The van der Waals surface area contributed by atoms with Gasteiger partial charge in [0.05, 0.1) is 18.5 Å². The summed E-state index contributed by atoms with van der Waals surface area (Å²) in [5.74, 6) is -0.276. The number of nitrogens with zero attached hydrogens (tertiary/aromatic N) is 1. The SMILES string of the molecule is CS(=O)(=O)CC[C@@H](O)CC/C(=N/OS(=O)(=O)O)S[C@H]1O[C@H](CO)[C@H](O)[C@H](O)[C@H]1O. The van der Waals surface area contributed by atoms with Crippen LogP contribution >= 0.6 is 11.8 Å². The van der Waals surface area contributed by atoms with E-state index in [1.165, 1.54) is 0 Å². The van der Waals surface area contributed by atoms with E-state index in [9.17, 15) is 42.4 Å². The van der Waals surface area contributed by atoms with E-state index in [0.717, 1.165) is 6.26 Å². The fourth-order valence-electron chi connectivity index (χ4n) is 2.30. The van der Waals surface area contributed by atoms with Crippen molar-refractivity contribution >= 4 is 37.0 Å². The van der Waals surface area contributed by atoms with Gasteiger partial charge in [0.2, 0.25) is 0 Å². The summed E-state index contributed by atoms with van der Waals surface area (Å²) < 4.78 is 61.6. The molecule has 172 valence electrons. The Hall–Kier alpha value is -0.560. The summed E-state index contributed by atoms with van der Waals surface area (Å²) in [7, 11) is -8.25. The first kappa shape index (κ1) is 26.5. The maximum Gasteiger partial charge on any atom is 0.466 e. The molecule has 13 nitrogen and oxygen atoms in total. The zero-order valence-corrected chi connectivity index (χ0v) is 17.8. The molecule has 6 atom stereocenters. The summed E-state index contributed by atoms with van der Waals surface area (Å²) in [4.78, 5) is 0. The lowest BCUT2D eigenvalue weighted by atomic mass is 10.0. The number of hydrogen-bond acceptors (Lipinski definition) is 13. The molecule has 1 fully saturated rings. The minimum absolute atomic E-state index is 0.0758. The molecule has 0 unspecified atom stereocenters. The van der Waals surface area contributed by atoms with Crippen LogP contribution in [0.4, 0.5) is 0 Å². The minimum Gasteiger partial charge on any atom is -0.394 e. The van der Waals surface area contributed by atoms with E-state index in [4.69, 9.17) is 9.29 Å². The largest absolute Gasteiger partial charge is 0.466 e. The maximum absolute atomic E-state index is 11.1. The third-order valence-corrected chi connectivity index (χ3v) is 6.26. The Morgan fingerprint density at radius 1 is 1.14 bits per heavy atom. The Morgan fingerprint density at radius 2 is 1.76 bits per heavy atom. The van der Waals surface area contributed by atoms with Crippen LogP contribution in [0.5, 0.6) is 0 Å². The average Bonchev–Trinajstić information content (AvgIpc) is 2.60. The van der Waals surface area contributed by atoms with Gasteiger partial charge in [0.25, 0.3) is 0 Å². The molecule has 0 aliphatic carbocycles. The number of aliphatic hydroxyl groups is 5. The van der Waals surface area contributed by atoms with Gasteiger partial charge in [0.1, 0.15) is 44.7 Å². The molecule has 1 aliphatic rings. The van der Waals surface area contributed by atoms with Crippen LogP contribution in [0.2, 0.25) is 0 Å². The summed E-state index contributed by atoms with van der Waals surface area (Å²) in [6, 6.07) is 0. The van der Waals surface area contributed by atoms with Crippen LogP contribution in [0, 0.1) is 0 Å². The van der Waals surface area contributed by atoms with Crippen LogP contribution < -0.4 is 0 Å². The molecule has 1 rings (SSSR count). The highest BCUT2D eigenvalue weighted by Gasteiger charge is 2.44. The summed E-state index contributed by atoms with van der Waals surface area (Å²) in [6.45, 7) is -0.680. The molecule has 1 saturated heterocycles. The predicted octanol–water partition coefficient (Wildman–Crippen LogP) is -2.77. The van der Waals surface area contributed by atoms with Crippen molar-refractivity contribution in [3.05, 3.63) is 0 Å². The van der Waals surface area contributed by atoms with Crippen LogP contribution in [-0.4, -0.2) is 107 Å². The molecule has 0 amide bonds. The first-order valence-corrected chi connectivity index (χ1v) is 12.6. The quantitative estimate of drug-likeness (QED) is 0.0802. The van der Waals surface area contributed by atoms with Gasteiger partial charge in [0, 0.05) is 12.7 Å². The lowest BCUT2D eigenvalue weighted by molar-refractivity contribution is -0.205. The van der Waals surface area contributed by atoms with Gasteiger partial charge >= 0.3 is 10.4 Å². The zero-order valence-electron chi connectivity index (χ0n) is 15.3. The van der Waals surface area contributed by atoms with Crippen molar-refractivity contribution in [3.8, 4) is 0 Å². The van der Waals surface area contributed by atoms with Crippen LogP contribution in [0.25, 0.3) is 0 Å². The highest BCUT2D eigenvalue weighted by atomic mass is 32.3. The van der Waals surface area contributed by atoms with Crippen molar-refractivity contribution in [2.45, 2.75) is 55.2 Å². The Balaban J connectivity index is 2.84. The number of oxime groups is 1. The monoisotopic (exact) mass is 483 g/mol. The van der Waals surface area contributed by atoms with Crippen molar-refractivity contribution < 1.29 is 55.9 Å². The molecule has 6 N–H and O–H groups in total. The number of thioether (sulfide) groups is 1. The van der Waals surface area contributed by atoms with Crippen LogP contribution in [-0.2, 0) is 29.3 Å². The van der Waals surface area contributed by atoms with Gasteiger partial charge in [-0.05, 0) is 12.8 Å². The molecule has 0 bridgehead atoms. The van der Waals surface area contributed by atoms with Crippen molar-refractivity contribution in [3.63, 3.8) is 0 Å². The first-order chi connectivity index (χ1) is 13.2. The van der Waals surface area contributed by atoms with Crippen molar-refractivity contribution in [2.24, 2.45) is 5.16 Å². The molecule has 0 saturated carbocycles. The first-order valence-electron chi connectivity index (χ1n) is 8.29. The zero-order chi connectivity index (χ0) is 22.4. The minimum atomic E-state index is -4.95. The second-order valence-corrected chi connectivity index (χ2v) is 10.8. The van der Waals surface area contributed by atoms with E-state index in [1.54, 1.807) is 0 Å². The van der Waals surface area contributed by atoms with Gasteiger partial charge in [-0.3, -0.25) is 4.55 Å². The van der Waals surface area contributed by atoms with Gasteiger partial charge in [0.15, 0.2) is 0 Å².